The van der Waals surface area contributed by atoms with Gasteiger partial charge in [-0.15, -0.1) is 0 Å². The Bertz CT molecular complexity index is 945. The Hall–Kier alpha value is -2.63. The van der Waals surface area contributed by atoms with E-state index in [1.54, 1.807) is 12.3 Å². The molecule has 4 nitrogen and oxygen atoms in total. The van der Waals surface area contributed by atoms with E-state index >= 15 is 0 Å². The maximum absolute atomic E-state index is 12.6. The van der Waals surface area contributed by atoms with E-state index in [-0.39, 0.29) is 5.91 Å². The lowest BCUT2D eigenvalue weighted by Gasteiger charge is -2.10. The maximum atomic E-state index is 12.6. The number of rotatable bonds is 9. The number of nitrogens with zero attached hydrogens (tertiary/aromatic N) is 1. The molecule has 0 aliphatic heterocycles. The van der Waals surface area contributed by atoms with Gasteiger partial charge in [0.1, 0.15) is 5.03 Å². The average Bonchev–Trinajstić information content (AvgIpc) is 2.74. The summed E-state index contributed by atoms with van der Waals surface area (Å²) in [6, 6.07) is 20.0. The first-order chi connectivity index (χ1) is 14.1. The zero-order chi connectivity index (χ0) is 20.5. The first-order valence-corrected chi connectivity index (χ1v) is 10.5. The van der Waals surface area contributed by atoms with Gasteiger partial charge in [0.15, 0.2) is 0 Å². The van der Waals surface area contributed by atoms with E-state index in [1.165, 1.54) is 22.9 Å². The second kappa shape index (κ2) is 10.8. The quantitative estimate of drug-likeness (QED) is 0.497. The third-order valence-corrected chi connectivity index (χ3v) is 5.58. The van der Waals surface area contributed by atoms with Crippen molar-refractivity contribution >= 4 is 17.7 Å². The van der Waals surface area contributed by atoms with E-state index in [0.717, 1.165) is 16.9 Å². The van der Waals surface area contributed by atoms with Gasteiger partial charge in [-0.3, -0.25) is 4.79 Å². The van der Waals surface area contributed by atoms with Crippen LogP contribution in [0.1, 0.15) is 33.5 Å². The van der Waals surface area contributed by atoms with Gasteiger partial charge in [0.05, 0.1) is 12.2 Å². The average molecular weight is 407 g/mol. The molecule has 0 aliphatic rings. The van der Waals surface area contributed by atoms with Crippen molar-refractivity contribution in [2.75, 3.05) is 13.2 Å². The van der Waals surface area contributed by atoms with Crippen molar-refractivity contribution in [2.45, 2.75) is 36.8 Å². The minimum atomic E-state index is -0.104. The number of hydrogen-bond acceptors (Lipinski definition) is 4. The smallest absolute Gasteiger partial charge is 0.254 e. The number of amides is 1. The Kier molecular flexibility index (Phi) is 7.85. The van der Waals surface area contributed by atoms with E-state index in [4.69, 9.17) is 4.74 Å². The largest absolute Gasteiger partial charge is 0.377 e. The van der Waals surface area contributed by atoms with Crippen LogP contribution < -0.4 is 5.32 Å². The minimum Gasteiger partial charge on any atom is -0.377 e. The predicted octanol–water partition coefficient (Wildman–Crippen LogP) is 5.19. The van der Waals surface area contributed by atoms with E-state index < -0.39 is 0 Å². The number of carbonyl (C=O) groups excluding carboxylic acids is 1. The first-order valence-electron chi connectivity index (χ1n) is 9.73. The van der Waals surface area contributed by atoms with Gasteiger partial charge >= 0.3 is 0 Å². The first kappa shape index (κ1) is 21.1. The lowest BCUT2D eigenvalue weighted by molar-refractivity contribution is 0.0931. The third-order valence-electron chi connectivity index (χ3n) is 4.57. The Morgan fingerprint density at radius 2 is 1.86 bits per heavy atom. The molecule has 0 unspecified atom stereocenters. The SMILES string of the molecule is Cc1ccc(Sc2ncccc2C(=O)NCCCOCc2ccccc2)cc1C. The topological polar surface area (TPSA) is 51.2 Å². The number of aryl methyl sites for hydroxylation is 2. The highest BCUT2D eigenvalue weighted by molar-refractivity contribution is 7.99. The highest BCUT2D eigenvalue weighted by atomic mass is 32.2. The molecule has 0 spiro atoms. The van der Waals surface area contributed by atoms with Gasteiger partial charge < -0.3 is 10.1 Å². The summed E-state index contributed by atoms with van der Waals surface area (Å²) in [5.74, 6) is -0.104. The number of nitrogens with one attached hydrogen (secondary N) is 1. The molecule has 3 aromatic rings. The second-order valence-corrected chi connectivity index (χ2v) is 7.91. The van der Waals surface area contributed by atoms with Crippen molar-refractivity contribution < 1.29 is 9.53 Å². The van der Waals surface area contributed by atoms with E-state index in [1.807, 2.05) is 36.4 Å². The molecular weight excluding hydrogens is 380 g/mol. The molecule has 0 atom stereocenters. The number of hydrogen-bond donors (Lipinski definition) is 1. The van der Waals surface area contributed by atoms with Gasteiger partial charge in [-0.25, -0.2) is 4.98 Å². The van der Waals surface area contributed by atoms with Crippen molar-refractivity contribution in [3.05, 3.63) is 89.1 Å². The molecule has 0 bridgehead atoms. The highest BCUT2D eigenvalue weighted by Crippen LogP contribution is 2.29. The zero-order valence-electron chi connectivity index (χ0n) is 16.9. The molecule has 0 saturated carbocycles. The fourth-order valence-corrected chi connectivity index (χ4v) is 3.75. The van der Waals surface area contributed by atoms with Crippen molar-refractivity contribution in [1.82, 2.24) is 10.3 Å². The summed E-state index contributed by atoms with van der Waals surface area (Å²) in [6.45, 7) is 5.94. The Labute approximate surface area is 176 Å². The van der Waals surface area contributed by atoms with Crippen LogP contribution in [0.2, 0.25) is 0 Å². The standard InChI is InChI=1S/C24H26N2O2S/c1-18-11-12-21(16-19(18)2)29-24-22(10-6-13-26-24)23(27)25-14-7-15-28-17-20-8-4-3-5-9-20/h3-6,8-13,16H,7,14-15,17H2,1-2H3,(H,25,27). The van der Waals surface area contributed by atoms with Crippen LogP contribution in [0.5, 0.6) is 0 Å². The fraction of sp³-hybridized carbons (Fsp3) is 0.250. The van der Waals surface area contributed by atoms with Crippen molar-refractivity contribution in [3.63, 3.8) is 0 Å². The van der Waals surface area contributed by atoms with Crippen molar-refractivity contribution in [1.29, 1.82) is 0 Å². The summed E-state index contributed by atoms with van der Waals surface area (Å²) in [4.78, 5) is 18.1. The summed E-state index contributed by atoms with van der Waals surface area (Å²) in [6.07, 6.45) is 2.48. The van der Waals surface area contributed by atoms with E-state index in [0.29, 0.717) is 30.3 Å². The van der Waals surface area contributed by atoms with Crippen LogP contribution in [0.4, 0.5) is 0 Å². The normalized spacial score (nSPS) is 10.7. The lowest BCUT2D eigenvalue weighted by atomic mass is 10.1. The molecular formula is C24H26N2O2S. The van der Waals surface area contributed by atoms with Crippen LogP contribution in [0.25, 0.3) is 0 Å². The van der Waals surface area contributed by atoms with Gasteiger partial charge in [0, 0.05) is 24.2 Å². The molecule has 1 N–H and O–H groups in total. The number of carbonyl (C=O) groups is 1. The second-order valence-electron chi connectivity index (χ2n) is 6.85. The summed E-state index contributed by atoms with van der Waals surface area (Å²) >= 11 is 1.51. The molecule has 0 saturated heterocycles. The number of aromatic nitrogens is 1. The summed E-state index contributed by atoms with van der Waals surface area (Å²) in [5, 5.41) is 3.69. The van der Waals surface area contributed by atoms with Crippen LogP contribution in [-0.4, -0.2) is 24.0 Å². The van der Waals surface area contributed by atoms with Gasteiger partial charge in [-0.05, 0) is 61.2 Å². The van der Waals surface area contributed by atoms with E-state index in [9.17, 15) is 4.79 Å². The molecule has 2 aromatic carbocycles. The van der Waals surface area contributed by atoms with Gasteiger partial charge in [0.2, 0.25) is 0 Å². The van der Waals surface area contributed by atoms with Gasteiger partial charge in [0.25, 0.3) is 5.91 Å². The third kappa shape index (κ3) is 6.44. The summed E-state index contributed by atoms with van der Waals surface area (Å²) < 4.78 is 5.66. The van der Waals surface area contributed by atoms with Crippen LogP contribution >= 0.6 is 11.8 Å². The number of ether oxygens (including phenoxy) is 1. The van der Waals surface area contributed by atoms with Crippen LogP contribution in [0.3, 0.4) is 0 Å². The predicted molar refractivity (Wildman–Crippen MR) is 117 cm³/mol. The molecule has 3 rings (SSSR count). The number of benzene rings is 2. The van der Waals surface area contributed by atoms with Crippen LogP contribution in [0.15, 0.2) is 76.8 Å². The molecule has 0 fully saturated rings. The Balaban J connectivity index is 1.48. The molecule has 0 radical (unpaired) electrons. The molecule has 0 aliphatic carbocycles. The lowest BCUT2D eigenvalue weighted by Crippen LogP contribution is -2.26. The van der Waals surface area contributed by atoms with E-state index in [2.05, 4.69) is 42.3 Å². The molecule has 29 heavy (non-hydrogen) atoms. The summed E-state index contributed by atoms with van der Waals surface area (Å²) in [7, 11) is 0. The molecule has 150 valence electrons. The maximum Gasteiger partial charge on any atom is 0.254 e. The molecule has 5 heteroatoms. The molecule has 1 amide bonds. The zero-order valence-corrected chi connectivity index (χ0v) is 17.7. The minimum absolute atomic E-state index is 0.104. The Morgan fingerprint density at radius 1 is 1.03 bits per heavy atom. The summed E-state index contributed by atoms with van der Waals surface area (Å²) in [5.41, 5.74) is 4.23. The molecule has 1 heterocycles. The van der Waals surface area contributed by atoms with Crippen LogP contribution in [0, 0.1) is 13.8 Å². The van der Waals surface area contributed by atoms with Crippen LogP contribution in [-0.2, 0) is 11.3 Å². The van der Waals surface area contributed by atoms with Crippen molar-refractivity contribution in [2.24, 2.45) is 0 Å². The van der Waals surface area contributed by atoms with Crippen molar-refractivity contribution in [3.8, 4) is 0 Å². The highest BCUT2D eigenvalue weighted by Gasteiger charge is 2.13. The van der Waals surface area contributed by atoms with Gasteiger partial charge in [-0.1, -0.05) is 48.2 Å². The fourth-order valence-electron chi connectivity index (χ4n) is 2.77. The Morgan fingerprint density at radius 3 is 2.66 bits per heavy atom. The van der Waals surface area contributed by atoms with Gasteiger partial charge in [-0.2, -0.15) is 0 Å². The number of pyridine rings is 1. The monoisotopic (exact) mass is 406 g/mol. The molecule has 1 aromatic heterocycles.